The van der Waals surface area contributed by atoms with Crippen LogP contribution in [0.2, 0.25) is 0 Å². The smallest absolute Gasteiger partial charge is 0.182 e. The Morgan fingerprint density at radius 3 is 3.33 bits per heavy atom. The first-order valence-electron chi connectivity index (χ1n) is 2.66. The highest BCUT2D eigenvalue weighted by atomic mass is 32.1. The zero-order chi connectivity index (χ0) is 6.27. The van der Waals surface area contributed by atoms with E-state index in [1.165, 1.54) is 11.3 Å². The minimum atomic E-state index is 0.900. The third kappa shape index (κ3) is 0.650. The van der Waals surface area contributed by atoms with Crippen molar-refractivity contribution in [3.8, 4) is 0 Å². The molecule has 0 aliphatic rings. The maximum absolute atomic E-state index is 5.04. The van der Waals surface area contributed by atoms with E-state index in [-0.39, 0.29) is 0 Å². The number of hydrogen-bond acceptors (Lipinski definition) is 3. The minimum Gasteiger partial charge on any atom is -0.443 e. The van der Waals surface area contributed by atoms with Crippen LogP contribution in [-0.4, -0.2) is 4.98 Å². The van der Waals surface area contributed by atoms with Gasteiger partial charge in [-0.2, -0.15) is 0 Å². The molecule has 2 rings (SSSR count). The highest BCUT2D eigenvalue weighted by Gasteiger charge is 1.99. The van der Waals surface area contributed by atoms with Crippen molar-refractivity contribution in [1.82, 2.24) is 4.98 Å². The predicted molar refractivity (Wildman–Crippen MR) is 36.6 cm³/mol. The third-order valence-electron chi connectivity index (χ3n) is 1.15. The van der Waals surface area contributed by atoms with E-state index in [0.717, 1.165) is 10.4 Å². The maximum Gasteiger partial charge on any atom is 0.182 e. The first kappa shape index (κ1) is 4.99. The van der Waals surface area contributed by atoms with Gasteiger partial charge in [0, 0.05) is 4.88 Å². The Morgan fingerprint density at radius 1 is 1.67 bits per heavy atom. The Labute approximate surface area is 56.1 Å². The molecule has 2 aromatic rings. The largest absolute Gasteiger partial charge is 0.443 e. The highest BCUT2D eigenvalue weighted by Crippen LogP contribution is 2.22. The van der Waals surface area contributed by atoms with Gasteiger partial charge in [-0.25, -0.2) is 4.98 Å². The van der Waals surface area contributed by atoms with Gasteiger partial charge in [-0.15, -0.1) is 11.3 Å². The van der Waals surface area contributed by atoms with Crippen molar-refractivity contribution in [2.45, 2.75) is 6.92 Å². The van der Waals surface area contributed by atoms with Crippen molar-refractivity contribution >= 4 is 21.8 Å². The van der Waals surface area contributed by atoms with Crippen molar-refractivity contribution in [3.05, 3.63) is 17.3 Å². The Balaban J connectivity index is 2.92. The minimum absolute atomic E-state index is 0.900. The summed E-state index contributed by atoms with van der Waals surface area (Å²) in [6.07, 6.45) is 1.47. The molecule has 2 aromatic heterocycles. The molecule has 2 heterocycles. The van der Waals surface area contributed by atoms with Crippen LogP contribution in [0.5, 0.6) is 0 Å². The molecule has 0 saturated carbocycles. The van der Waals surface area contributed by atoms with Crippen LogP contribution < -0.4 is 0 Å². The van der Waals surface area contributed by atoms with Gasteiger partial charge in [-0.05, 0) is 13.0 Å². The molecule has 0 unspecified atom stereocenters. The van der Waals surface area contributed by atoms with Crippen LogP contribution in [0, 0.1) is 6.92 Å². The van der Waals surface area contributed by atoms with Crippen molar-refractivity contribution in [2.75, 3.05) is 0 Å². The van der Waals surface area contributed by atoms with E-state index in [9.17, 15) is 0 Å². The van der Waals surface area contributed by atoms with E-state index in [1.54, 1.807) is 11.3 Å². The second-order valence-electron chi connectivity index (χ2n) is 1.88. The topological polar surface area (TPSA) is 26.0 Å². The number of hydrogen-bond donors (Lipinski definition) is 0. The van der Waals surface area contributed by atoms with Crippen molar-refractivity contribution < 1.29 is 4.42 Å². The molecule has 0 amide bonds. The molecule has 9 heavy (non-hydrogen) atoms. The van der Waals surface area contributed by atoms with E-state index in [0.29, 0.717) is 0 Å². The maximum atomic E-state index is 5.04. The average molecular weight is 139 g/mol. The first-order valence-corrected chi connectivity index (χ1v) is 3.47. The number of oxazole rings is 1. The summed E-state index contributed by atoms with van der Waals surface area (Å²) in [6.45, 7) is 2.04. The van der Waals surface area contributed by atoms with Gasteiger partial charge in [-0.1, -0.05) is 0 Å². The van der Waals surface area contributed by atoms with Gasteiger partial charge < -0.3 is 4.42 Å². The van der Waals surface area contributed by atoms with Gasteiger partial charge in [0.15, 0.2) is 16.8 Å². The number of thiophene rings is 1. The standard InChI is InChI=1S/C6H5NOS/c1-4-2-5-6(9-4)7-3-8-5/h2-3H,1H3. The summed E-state index contributed by atoms with van der Waals surface area (Å²) in [5.74, 6) is 0. The number of nitrogens with zero attached hydrogens (tertiary/aromatic N) is 1. The van der Waals surface area contributed by atoms with Gasteiger partial charge in [0.25, 0.3) is 0 Å². The molecule has 0 fully saturated rings. The van der Waals surface area contributed by atoms with Crippen LogP contribution in [0.1, 0.15) is 4.88 Å². The summed E-state index contributed by atoms with van der Waals surface area (Å²) in [7, 11) is 0. The van der Waals surface area contributed by atoms with Crippen LogP contribution in [0.25, 0.3) is 10.4 Å². The molecule has 0 spiro atoms. The van der Waals surface area contributed by atoms with Gasteiger partial charge in [0.2, 0.25) is 0 Å². The Kier molecular flexibility index (Phi) is 0.873. The van der Waals surface area contributed by atoms with Crippen LogP contribution in [0.4, 0.5) is 0 Å². The molecular weight excluding hydrogens is 134 g/mol. The molecule has 0 atom stereocenters. The molecule has 0 radical (unpaired) electrons. The van der Waals surface area contributed by atoms with Gasteiger partial charge in [-0.3, -0.25) is 0 Å². The second-order valence-corrected chi connectivity index (χ2v) is 3.11. The third-order valence-corrected chi connectivity index (χ3v) is 2.09. The average Bonchev–Trinajstić information content (AvgIpc) is 2.22. The van der Waals surface area contributed by atoms with Crippen molar-refractivity contribution in [1.29, 1.82) is 0 Å². The summed E-state index contributed by atoms with van der Waals surface area (Å²) in [4.78, 5) is 6.23. The fourth-order valence-electron chi connectivity index (χ4n) is 0.784. The fourth-order valence-corrected chi connectivity index (χ4v) is 1.56. The van der Waals surface area contributed by atoms with E-state index in [2.05, 4.69) is 4.98 Å². The second kappa shape index (κ2) is 1.57. The summed E-state index contributed by atoms with van der Waals surface area (Å²) >= 11 is 1.65. The molecule has 0 aromatic carbocycles. The number of fused-ring (bicyclic) bond motifs is 1. The lowest BCUT2D eigenvalue weighted by molar-refractivity contribution is 0.602. The van der Waals surface area contributed by atoms with Crippen LogP contribution >= 0.6 is 11.3 Å². The summed E-state index contributed by atoms with van der Waals surface area (Å²) in [5, 5.41) is 0. The molecular formula is C6H5NOS. The van der Waals surface area contributed by atoms with E-state index >= 15 is 0 Å². The Bertz CT molecular complexity index is 294. The molecule has 0 aliphatic carbocycles. The molecule has 46 valence electrons. The van der Waals surface area contributed by atoms with Crippen molar-refractivity contribution in [2.24, 2.45) is 0 Å². The zero-order valence-electron chi connectivity index (χ0n) is 4.92. The Morgan fingerprint density at radius 2 is 2.56 bits per heavy atom. The van der Waals surface area contributed by atoms with E-state index < -0.39 is 0 Å². The molecule has 0 aliphatic heterocycles. The van der Waals surface area contributed by atoms with E-state index in [4.69, 9.17) is 4.42 Å². The van der Waals surface area contributed by atoms with Gasteiger partial charge >= 0.3 is 0 Å². The number of aryl methyl sites for hydroxylation is 1. The van der Waals surface area contributed by atoms with Crippen LogP contribution in [0.3, 0.4) is 0 Å². The first-order chi connectivity index (χ1) is 4.36. The lowest BCUT2D eigenvalue weighted by Gasteiger charge is -1.69. The molecule has 0 bridgehead atoms. The van der Waals surface area contributed by atoms with Crippen LogP contribution in [-0.2, 0) is 0 Å². The summed E-state index contributed by atoms with van der Waals surface area (Å²) < 4.78 is 5.04. The normalized spacial score (nSPS) is 10.8. The fraction of sp³-hybridized carbons (Fsp3) is 0.167. The molecule has 3 heteroatoms. The van der Waals surface area contributed by atoms with Crippen LogP contribution in [0.15, 0.2) is 16.9 Å². The zero-order valence-corrected chi connectivity index (χ0v) is 5.73. The predicted octanol–water partition coefficient (Wildman–Crippen LogP) is 2.20. The van der Waals surface area contributed by atoms with Gasteiger partial charge in [0.1, 0.15) is 0 Å². The highest BCUT2D eigenvalue weighted by molar-refractivity contribution is 7.18. The molecule has 0 N–H and O–H groups in total. The van der Waals surface area contributed by atoms with Crippen molar-refractivity contribution in [3.63, 3.8) is 0 Å². The summed E-state index contributed by atoms with van der Waals surface area (Å²) in [6, 6.07) is 1.99. The van der Waals surface area contributed by atoms with E-state index in [1.807, 2.05) is 13.0 Å². The summed E-state index contributed by atoms with van der Waals surface area (Å²) in [5.41, 5.74) is 0.900. The lowest BCUT2D eigenvalue weighted by Crippen LogP contribution is -1.48. The van der Waals surface area contributed by atoms with Gasteiger partial charge in [0.05, 0.1) is 0 Å². The number of rotatable bonds is 0. The Hall–Kier alpha value is -0.830. The molecule has 0 saturated heterocycles. The quantitative estimate of drug-likeness (QED) is 0.559. The SMILES string of the molecule is Cc1cc2ocnc2s1. The molecule has 2 nitrogen and oxygen atoms in total. The number of aromatic nitrogens is 1. The lowest BCUT2D eigenvalue weighted by atomic mass is 10.5. The monoisotopic (exact) mass is 139 g/mol.